The van der Waals surface area contributed by atoms with Gasteiger partial charge in [0.05, 0.1) is 6.61 Å². The van der Waals surface area contributed by atoms with Crippen molar-refractivity contribution in [3.63, 3.8) is 0 Å². The van der Waals surface area contributed by atoms with Gasteiger partial charge in [0.2, 0.25) is 0 Å². The van der Waals surface area contributed by atoms with Gasteiger partial charge in [0.1, 0.15) is 12.5 Å². The molecule has 1 aromatic carbocycles. The summed E-state index contributed by atoms with van der Waals surface area (Å²) in [6.07, 6.45) is 4.20. The van der Waals surface area contributed by atoms with Gasteiger partial charge >= 0.3 is 6.09 Å². The zero-order valence-electron chi connectivity index (χ0n) is 12.6. The molecule has 21 heavy (non-hydrogen) atoms. The smallest absolute Gasteiger partial charge is 0.412 e. The first-order valence-electron chi connectivity index (χ1n) is 7.67. The number of rotatable bonds is 6. The van der Waals surface area contributed by atoms with E-state index in [0.29, 0.717) is 19.0 Å². The van der Waals surface area contributed by atoms with E-state index in [1.165, 1.54) is 19.3 Å². The van der Waals surface area contributed by atoms with Gasteiger partial charge in [-0.2, -0.15) is 0 Å². The third-order valence-electron chi connectivity index (χ3n) is 3.40. The van der Waals surface area contributed by atoms with Crippen LogP contribution in [0.5, 0.6) is 5.75 Å². The Balaban J connectivity index is 1.71. The van der Waals surface area contributed by atoms with Crippen molar-refractivity contribution in [2.24, 2.45) is 0 Å². The lowest BCUT2D eigenvalue weighted by atomic mass is 10.1. The second-order valence-electron chi connectivity index (χ2n) is 5.24. The molecule has 2 rings (SSSR count). The minimum absolute atomic E-state index is 0.365. The third kappa shape index (κ3) is 5.63. The van der Waals surface area contributed by atoms with Crippen LogP contribution in [0.1, 0.15) is 32.6 Å². The SMILES string of the molecule is CCCOc1ccc(NC(=O)OCN2CCCCC2)cc1. The van der Waals surface area contributed by atoms with Gasteiger partial charge in [-0.05, 0) is 43.5 Å². The highest BCUT2D eigenvalue weighted by Crippen LogP contribution is 2.16. The summed E-state index contributed by atoms with van der Waals surface area (Å²) >= 11 is 0. The molecule has 5 nitrogen and oxygen atoms in total. The topological polar surface area (TPSA) is 50.8 Å². The minimum Gasteiger partial charge on any atom is -0.494 e. The van der Waals surface area contributed by atoms with Gasteiger partial charge in [0, 0.05) is 18.8 Å². The van der Waals surface area contributed by atoms with Crippen LogP contribution in [0.3, 0.4) is 0 Å². The van der Waals surface area contributed by atoms with E-state index in [0.717, 1.165) is 25.3 Å². The average molecular weight is 292 g/mol. The number of amides is 1. The molecule has 1 fully saturated rings. The predicted molar refractivity (Wildman–Crippen MR) is 82.6 cm³/mol. The van der Waals surface area contributed by atoms with Crippen molar-refractivity contribution < 1.29 is 14.3 Å². The summed E-state index contributed by atoms with van der Waals surface area (Å²) in [5, 5.41) is 2.72. The highest BCUT2D eigenvalue weighted by atomic mass is 16.6. The van der Waals surface area contributed by atoms with E-state index < -0.39 is 6.09 Å². The largest absolute Gasteiger partial charge is 0.494 e. The van der Waals surface area contributed by atoms with E-state index in [9.17, 15) is 4.79 Å². The van der Waals surface area contributed by atoms with E-state index in [4.69, 9.17) is 9.47 Å². The summed E-state index contributed by atoms with van der Waals surface area (Å²) in [7, 11) is 0. The van der Waals surface area contributed by atoms with Gasteiger partial charge in [-0.25, -0.2) is 4.79 Å². The summed E-state index contributed by atoms with van der Waals surface area (Å²) < 4.78 is 10.7. The number of anilines is 1. The van der Waals surface area contributed by atoms with Crippen LogP contribution >= 0.6 is 0 Å². The maximum Gasteiger partial charge on any atom is 0.412 e. The number of piperidine rings is 1. The van der Waals surface area contributed by atoms with E-state index in [1.54, 1.807) is 0 Å². The average Bonchev–Trinajstić information content (AvgIpc) is 2.53. The molecule has 0 atom stereocenters. The standard InChI is InChI=1S/C16H24N2O3/c1-2-12-20-15-8-6-14(7-9-15)17-16(19)21-13-18-10-4-3-5-11-18/h6-9H,2-5,10-13H2,1H3,(H,17,19). The van der Waals surface area contributed by atoms with Gasteiger partial charge in [0.25, 0.3) is 0 Å². The fraction of sp³-hybridized carbons (Fsp3) is 0.562. The molecular formula is C16H24N2O3. The zero-order valence-corrected chi connectivity index (χ0v) is 12.6. The van der Waals surface area contributed by atoms with Crippen LogP contribution in [-0.2, 0) is 4.74 Å². The maximum atomic E-state index is 11.7. The number of carbonyl (C=O) groups excluding carboxylic acids is 1. The molecule has 1 aromatic rings. The number of hydrogen-bond acceptors (Lipinski definition) is 4. The van der Waals surface area contributed by atoms with Crippen LogP contribution in [-0.4, -0.2) is 37.4 Å². The van der Waals surface area contributed by atoms with Crippen molar-refractivity contribution in [3.8, 4) is 5.75 Å². The van der Waals surface area contributed by atoms with Crippen LogP contribution in [0.15, 0.2) is 24.3 Å². The lowest BCUT2D eigenvalue weighted by Gasteiger charge is -2.25. The van der Waals surface area contributed by atoms with Crippen LogP contribution in [0.4, 0.5) is 10.5 Å². The van der Waals surface area contributed by atoms with E-state index >= 15 is 0 Å². The van der Waals surface area contributed by atoms with Gasteiger partial charge < -0.3 is 9.47 Å². The predicted octanol–water partition coefficient (Wildman–Crippen LogP) is 3.47. The Morgan fingerprint density at radius 2 is 1.90 bits per heavy atom. The van der Waals surface area contributed by atoms with Crippen molar-refractivity contribution in [1.29, 1.82) is 0 Å². The molecule has 1 aliphatic rings. The van der Waals surface area contributed by atoms with Crippen molar-refractivity contribution in [2.75, 3.05) is 31.7 Å². The van der Waals surface area contributed by atoms with Crippen LogP contribution < -0.4 is 10.1 Å². The number of ether oxygens (including phenoxy) is 2. The van der Waals surface area contributed by atoms with E-state index in [1.807, 2.05) is 24.3 Å². The first-order valence-corrected chi connectivity index (χ1v) is 7.67. The Morgan fingerprint density at radius 3 is 2.57 bits per heavy atom. The Labute approximate surface area is 126 Å². The van der Waals surface area contributed by atoms with Crippen LogP contribution in [0, 0.1) is 0 Å². The van der Waals surface area contributed by atoms with Gasteiger partial charge in [0.15, 0.2) is 0 Å². The number of carbonyl (C=O) groups is 1. The number of benzene rings is 1. The number of nitrogens with zero attached hydrogens (tertiary/aromatic N) is 1. The van der Waals surface area contributed by atoms with Gasteiger partial charge in [-0.15, -0.1) is 0 Å². The quantitative estimate of drug-likeness (QED) is 0.872. The first-order chi connectivity index (χ1) is 10.3. The summed E-state index contributed by atoms with van der Waals surface area (Å²) in [6.45, 7) is 5.15. The molecule has 0 spiro atoms. The maximum absolute atomic E-state index is 11.7. The van der Waals surface area contributed by atoms with E-state index in [2.05, 4.69) is 17.1 Å². The zero-order chi connectivity index (χ0) is 14.9. The number of likely N-dealkylation sites (tertiary alicyclic amines) is 1. The highest BCUT2D eigenvalue weighted by molar-refractivity contribution is 5.84. The molecule has 0 aliphatic carbocycles. The second-order valence-corrected chi connectivity index (χ2v) is 5.24. The molecular weight excluding hydrogens is 268 g/mol. The molecule has 0 unspecified atom stereocenters. The van der Waals surface area contributed by atoms with E-state index in [-0.39, 0.29) is 0 Å². The molecule has 5 heteroatoms. The molecule has 1 amide bonds. The fourth-order valence-electron chi connectivity index (χ4n) is 2.25. The normalized spacial score (nSPS) is 15.5. The van der Waals surface area contributed by atoms with Crippen molar-refractivity contribution >= 4 is 11.8 Å². The van der Waals surface area contributed by atoms with Crippen LogP contribution in [0.25, 0.3) is 0 Å². The van der Waals surface area contributed by atoms with Crippen molar-refractivity contribution in [1.82, 2.24) is 4.90 Å². The molecule has 1 heterocycles. The van der Waals surface area contributed by atoms with Gasteiger partial charge in [-0.3, -0.25) is 10.2 Å². The highest BCUT2D eigenvalue weighted by Gasteiger charge is 2.12. The van der Waals surface area contributed by atoms with Gasteiger partial charge in [-0.1, -0.05) is 13.3 Å². The lowest BCUT2D eigenvalue weighted by Crippen LogP contribution is -2.33. The lowest BCUT2D eigenvalue weighted by molar-refractivity contribution is 0.0659. The van der Waals surface area contributed by atoms with Crippen molar-refractivity contribution in [3.05, 3.63) is 24.3 Å². The molecule has 1 aliphatic heterocycles. The number of hydrogen-bond donors (Lipinski definition) is 1. The molecule has 0 radical (unpaired) electrons. The molecule has 116 valence electrons. The fourth-order valence-corrected chi connectivity index (χ4v) is 2.25. The first kappa shape index (κ1) is 15.6. The second kappa shape index (κ2) is 8.52. The molecule has 1 N–H and O–H groups in total. The minimum atomic E-state index is -0.414. The number of nitrogens with one attached hydrogen (secondary N) is 1. The molecule has 0 aromatic heterocycles. The monoisotopic (exact) mass is 292 g/mol. The Morgan fingerprint density at radius 1 is 1.19 bits per heavy atom. The third-order valence-corrected chi connectivity index (χ3v) is 3.40. The Hall–Kier alpha value is -1.75. The summed E-state index contributed by atoms with van der Waals surface area (Å²) in [6, 6.07) is 7.31. The summed E-state index contributed by atoms with van der Waals surface area (Å²) in [5.74, 6) is 0.809. The molecule has 0 bridgehead atoms. The van der Waals surface area contributed by atoms with Crippen molar-refractivity contribution in [2.45, 2.75) is 32.6 Å². The Kier molecular flexibility index (Phi) is 6.34. The molecule has 0 saturated carbocycles. The summed E-state index contributed by atoms with van der Waals surface area (Å²) in [4.78, 5) is 13.9. The summed E-state index contributed by atoms with van der Waals surface area (Å²) in [5.41, 5.74) is 0.711. The molecule has 1 saturated heterocycles. The Bertz CT molecular complexity index is 428. The van der Waals surface area contributed by atoms with Crippen LogP contribution in [0.2, 0.25) is 0 Å².